The van der Waals surface area contributed by atoms with E-state index in [2.05, 4.69) is 43.4 Å². The lowest BCUT2D eigenvalue weighted by molar-refractivity contribution is -0.161. The summed E-state index contributed by atoms with van der Waals surface area (Å²) in [6, 6.07) is 11.3. The normalized spacial score (nSPS) is 23.3. The molecule has 0 radical (unpaired) electrons. The zero-order chi connectivity index (χ0) is 58.3. The second-order valence-electron chi connectivity index (χ2n) is 21.9. The maximum atomic E-state index is 14.3. The molecule has 2 unspecified atom stereocenters. The van der Waals surface area contributed by atoms with Crippen LogP contribution in [0.15, 0.2) is 61.1 Å². The number of piperidine rings is 2. The number of anilines is 5. The molecule has 79 heavy (non-hydrogen) atoms. The molecular formula is C56H65N10O11PS. The molecule has 4 N–H and O–H groups in total. The van der Waals surface area contributed by atoms with Gasteiger partial charge in [-0.3, -0.25) is 48.1 Å². The fourth-order valence-electron chi connectivity index (χ4n) is 12.7. The van der Waals surface area contributed by atoms with E-state index in [-0.39, 0.29) is 59.6 Å². The summed E-state index contributed by atoms with van der Waals surface area (Å²) in [5, 5.41) is 15.0. The van der Waals surface area contributed by atoms with Crippen molar-refractivity contribution in [1.82, 2.24) is 29.7 Å². The van der Waals surface area contributed by atoms with Gasteiger partial charge in [-0.05, 0) is 145 Å². The molecule has 3 saturated heterocycles. The molecule has 9 heterocycles. The molecule has 4 aromatic heterocycles. The number of aliphatic hydroxyl groups is 1. The average Bonchev–Trinajstić information content (AvgIpc) is 2.61. The topological polar surface area (TPSA) is 252 Å². The maximum absolute atomic E-state index is 14.3. The molecule has 5 aliphatic heterocycles. The number of phosphoric acid groups is 1. The summed E-state index contributed by atoms with van der Waals surface area (Å²) in [4.78, 5) is 113. The van der Waals surface area contributed by atoms with Gasteiger partial charge in [-0.15, -0.1) is 11.3 Å². The first-order valence-electron chi connectivity index (χ1n) is 28.3. The number of carbonyl (C=O) groups is 5. The van der Waals surface area contributed by atoms with Crippen molar-refractivity contribution < 1.29 is 56.8 Å². The SMILES string of the molecule is [2H]C([2H])([2H])Oc1ncc(-c2ccnc(N3CCc4c(sc5c4CCCC5)C3=O)c2C(C)(C)O)cc1Nc1ccc(N2CCN(C3CCN(c4ccc5c(c4)C(=O)N([C@H]4CCC(=O)N(C(C)OP(=O)(O)O)C4=O)C5=O)[C@@H](C)C3)C[C@@H]2C)cn1. The molecule has 23 heteroatoms. The van der Waals surface area contributed by atoms with E-state index in [9.17, 15) is 43.4 Å². The number of carbonyl (C=O) groups excluding carboxylic acids is 5. The van der Waals surface area contributed by atoms with Crippen molar-refractivity contribution in [2.45, 2.75) is 128 Å². The third kappa shape index (κ3) is 10.2. The lowest BCUT2D eigenvalue weighted by atomic mass is 9.89. The Balaban J connectivity index is 0.744. The summed E-state index contributed by atoms with van der Waals surface area (Å²) in [5.74, 6) is -2.64. The minimum absolute atomic E-state index is 0.0609. The van der Waals surface area contributed by atoms with E-state index in [0.717, 1.165) is 91.8 Å². The molecule has 1 aliphatic carbocycles. The highest BCUT2D eigenvalue weighted by atomic mass is 32.1. The summed E-state index contributed by atoms with van der Waals surface area (Å²) in [6.07, 6.45) is 9.40. The number of ether oxygens (including phenoxy) is 1. The van der Waals surface area contributed by atoms with Gasteiger partial charge in [0, 0.05) is 91.4 Å². The van der Waals surface area contributed by atoms with E-state index in [1.807, 2.05) is 12.1 Å². The highest BCUT2D eigenvalue weighted by molar-refractivity contribution is 7.46. The number of hydrogen-bond acceptors (Lipinski definition) is 17. The summed E-state index contributed by atoms with van der Waals surface area (Å²) < 4.78 is 45.3. The highest BCUT2D eigenvalue weighted by Gasteiger charge is 2.49. The maximum Gasteiger partial charge on any atom is 0.471 e. The number of fused-ring (bicyclic) bond motifs is 4. The zero-order valence-electron chi connectivity index (χ0n) is 47.5. The summed E-state index contributed by atoms with van der Waals surface area (Å²) in [7, 11) is -7.90. The number of aryl methyl sites for hydroxylation is 1. The molecular weight excluding hydrogens is 1050 g/mol. The van der Waals surface area contributed by atoms with Crippen LogP contribution in [0.25, 0.3) is 11.1 Å². The van der Waals surface area contributed by atoms with Gasteiger partial charge in [0.25, 0.3) is 23.6 Å². The molecule has 6 aliphatic rings. The van der Waals surface area contributed by atoms with Gasteiger partial charge in [0.1, 0.15) is 29.6 Å². The largest absolute Gasteiger partial charge is 0.480 e. The van der Waals surface area contributed by atoms with Crippen LogP contribution >= 0.6 is 19.2 Å². The van der Waals surface area contributed by atoms with Crippen LogP contribution in [-0.2, 0) is 43.5 Å². The number of thiophene rings is 1. The molecule has 21 nitrogen and oxygen atoms in total. The number of aromatic nitrogens is 3. The zero-order valence-corrected chi connectivity index (χ0v) is 46.3. The van der Waals surface area contributed by atoms with Crippen molar-refractivity contribution in [3.05, 3.63) is 98.6 Å². The molecule has 0 bridgehead atoms. The Morgan fingerprint density at radius 2 is 1.59 bits per heavy atom. The van der Waals surface area contributed by atoms with Crippen LogP contribution < -0.4 is 24.8 Å². The standard InChI is InChI=1S/C56H65N10O11PS/c1-31-25-35(18-21-62(31)36-11-13-41-42(27-36)53(69)66(52(41)68)44-14-16-47(67)65(54(44)70)33(3)77-78(73,74)75)61-23-24-63(32(2)30-61)37-12-15-46(58-29-37)60-43-26-34(28-59-51(43)76-6)38-17-20-57-50(48(38)56(4,5)72)64-22-19-40-39-9-7-8-10-45(39)79-49(40)55(64)71/h11-13,15,17,20,26-29,31-33,35,44,72H,7-10,14,16,18-19,21-25,30H2,1-6H3,(H,58,60)(H2,73,74,75)/t31-,32-,33?,35?,44-/m0/s1/i6D3. The first-order chi connectivity index (χ1) is 38.8. The fourth-order valence-corrected chi connectivity index (χ4v) is 14.6. The lowest BCUT2D eigenvalue weighted by Gasteiger charge is -2.48. The number of nitrogens with one attached hydrogen (secondary N) is 1. The van der Waals surface area contributed by atoms with Gasteiger partial charge in [-0.1, -0.05) is 0 Å². The van der Waals surface area contributed by atoms with Crippen LogP contribution in [0.1, 0.15) is 129 Å². The smallest absolute Gasteiger partial charge is 0.471 e. The van der Waals surface area contributed by atoms with Crippen LogP contribution in [0, 0.1) is 0 Å². The van der Waals surface area contributed by atoms with E-state index >= 15 is 0 Å². The number of hydrogen-bond donors (Lipinski definition) is 4. The molecule has 0 spiro atoms. The molecule has 1 aromatic carbocycles. The van der Waals surface area contributed by atoms with Crippen LogP contribution in [0.4, 0.5) is 28.7 Å². The van der Waals surface area contributed by atoms with Gasteiger partial charge in [-0.2, -0.15) is 0 Å². The number of methoxy groups -OCH3 is 1. The predicted octanol–water partition coefficient (Wildman–Crippen LogP) is 6.80. The lowest BCUT2D eigenvalue weighted by Crippen LogP contribution is -2.58. The van der Waals surface area contributed by atoms with Crippen molar-refractivity contribution in [2.75, 3.05) is 59.8 Å². The molecule has 5 atom stereocenters. The van der Waals surface area contributed by atoms with E-state index in [0.29, 0.717) is 52.7 Å². The van der Waals surface area contributed by atoms with Crippen molar-refractivity contribution in [1.29, 1.82) is 0 Å². The summed E-state index contributed by atoms with van der Waals surface area (Å²) in [6.45, 7) is 12.1. The van der Waals surface area contributed by atoms with Crippen molar-refractivity contribution in [2.24, 2.45) is 0 Å². The van der Waals surface area contributed by atoms with Crippen molar-refractivity contribution in [3.63, 3.8) is 0 Å². The number of pyridine rings is 3. The first kappa shape index (κ1) is 50.6. The second-order valence-corrected chi connectivity index (χ2v) is 24.2. The van der Waals surface area contributed by atoms with E-state index in [4.69, 9.17) is 18.8 Å². The van der Waals surface area contributed by atoms with Crippen LogP contribution in [0.3, 0.4) is 0 Å². The van der Waals surface area contributed by atoms with Crippen molar-refractivity contribution in [3.8, 4) is 17.0 Å². The van der Waals surface area contributed by atoms with E-state index in [1.54, 1.807) is 72.8 Å². The molecule has 416 valence electrons. The number of phosphoric ester groups is 1. The minimum atomic E-state index is -5.08. The number of nitrogens with zero attached hydrogens (tertiary/aromatic N) is 9. The number of imide groups is 2. The molecule has 3 fully saturated rings. The number of likely N-dealkylation sites (tertiary alicyclic amines) is 1. The molecule has 0 saturated carbocycles. The van der Waals surface area contributed by atoms with Gasteiger partial charge in [-0.25, -0.2) is 19.5 Å². The Labute approximate surface area is 466 Å². The molecule has 5 amide bonds. The predicted molar refractivity (Wildman–Crippen MR) is 296 cm³/mol. The number of rotatable bonds is 13. The Morgan fingerprint density at radius 3 is 2.33 bits per heavy atom. The van der Waals surface area contributed by atoms with E-state index in [1.165, 1.54) is 16.6 Å². The third-order valence-corrected chi connectivity index (χ3v) is 18.3. The summed E-state index contributed by atoms with van der Waals surface area (Å²) >= 11 is 1.58. The number of benzene rings is 1. The Morgan fingerprint density at radius 1 is 0.823 bits per heavy atom. The van der Waals surface area contributed by atoms with Gasteiger partial charge >= 0.3 is 7.82 Å². The quantitative estimate of drug-likeness (QED) is 0.0699. The van der Waals surface area contributed by atoms with Gasteiger partial charge in [0.2, 0.25) is 11.8 Å². The fraction of sp³-hybridized carbons (Fsp3) is 0.464. The van der Waals surface area contributed by atoms with Gasteiger partial charge < -0.3 is 34.7 Å². The van der Waals surface area contributed by atoms with Crippen LogP contribution in [0.5, 0.6) is 5.88 Å². The third-order valence-electron chi connectivity index (χ3n) is 16.4. The highest BCUT2D eigenvalue weighted by Crippen LogP contribution is 2.45. The molecule has 11 rings (SSSR count). The Hall–Kier alpha value is -6.65. The number of amides is 5. The van der Waals surface area contributed by atoms with Crippen LogP contribution in [-0.4, -0.2) is 144 Å². The first-order valence-corrected chi connectivity index (χ1v) is 29.2. The Bertz CT molecular complexity index is 3450. The minimum Gasteiger partial charge on any atom is -0.480 e. The van der Waals surface area contributed by atoms with Gasteiger partial charge in [0.05, 0.1) is 44.6 Å². The Kier molecular flexibility index (Phi) is 13.5. The molecule has 5 aromatic rings. The second kappa shape index (κ2) is 21.1. The van der Waals surface area contributed by atoms with Crippen molar-refractivity contribution >= 4 is 77.4 Å². The van der Waals surface area contributed by atoms with Gasteiger partial charge in [0.15, 0.2) is 0 Å². The van der Waals surface area contributed by atoms with E-state index < -0.39 is 56.4 Å². The number of piperazine rings is 1. The van der Waals surface area contributed by atoms with Crippen LogP contribution in [0.2, 0.25) is 0 Å². The monoisotopic (exact) mass is 1120 g/mol. The summed E-state index contributed by atoms with van der Waals surface area (Å²) in [5.41, 5.74) is 4.62. The average molecular weight is 1120 g/mol.